The fourth-order valence-electron chi connectivity index (χ4n) is 0.338. The van der Waals surface area contributed by atoms with Gasteiger partial charge in [0.15, 0.2) is 8.32 Å². The van der Waals surface area contributed by atoms with Crippen molar-refractivity contribution >= 4 is 16.2 Å². The Kier molecular flexibility index (Phi) is 2.58. The Morgan fingerprint density at radius 3 is 1.89 bits per heavy atom. The van der Waals surface area contributed by atoms with E-state index in [0.29, 0.717) is 0 Å². The summed E-state index contributed by atoms with van der Waals surface area (Å²) >= 11 is 0. The zero-order valence-electron chi connectivity index (χ0n) is 5.59. The summed E-state index contributed by atoms with van der Waals surface area (Å²) in [5.41, 5.74) is 0. The van der Waals surface area contributed by atoms with Crippen molar-refractivity contribution < 1.29 is 17.9 Å². The van der Waals surface area contributed by atoms with Gasteiger partial charge in [-0.1, -0.05) is 0 Å². The molecule has 0 saturated carbocycles. The van der Waals surface area contributed by atoms with Crippen molar-refractivity contribution in [3.63, 3.8) is 0 Å². The van der Waals surface area contributed by atoms with Gasteiger partial charge < -0.3 is 4.21 Å². The molecule has 0 aliphatic heterocycles. The van der Waals surface area contributed by atoms with Gasteiger partial charge in [0.25, 0.3) is 0 Å². The number of hydrogen-bond donors (Lipinski definition) is 1. The lowest BCUT2D eigenvalue weighted by Crippen LogP contribution is -2.22. The summed E-state index contributed by atoms with van der Waals surface area (Å²) in [6, 6.07) is 0. The summed E-state index contributed by atoms with van der Waals surface area (Å²) < 4.78 is 25.9. The third-order valence-corrected chi connectivity index (χ3v) is 3.48. The largest absolute Gasteiger partial charge is 0.500 e. The highest BCUT2D eigenvalue weighted by atomic mass is 31.2. The molecule has 9 heavy (non-hydrogen) atoms. The molecule has 0 amide bonds. The maximum Gasteiger partial charge on any atom is 0.500 e. The second-order valence-corrected chi connectivity index (χ2v) is 8.51. The van der Waals surface area contributed by atoms with Crippen LogP contribution in [0.25, 0.3) is 0 Å². The van der Waals surface area contributed by atoms with E-state index in [9.17, 15) is 8.76 Å². The van der Waals surface area contributed by atoms with Crippen LogP contribution in [0, 0.1) is 0 Å². The number of halogens is 1. The molecule has 0 heterocycles. The van der Waals surface area contributed by atoms with E-state index in [0.717, 1.165) is 0 Å². The molecule has 0 saturated heterocycles. The van der Waals surface area contributed by atoms with Gasteiger partial charge in [-0.15, -0.1) is 4.20 Å². The fourth-order valence-corrected chi connectivity index (χ4v) is 3.04. The summed E-state index contributed by atoms with van der Waals surface area (Å²) in [4.78, 5) is 8.05. The average Bonchev–Trinajstić information content (AvgIpc) is 1.14. The molecule has 1 N–H and O–H groups in total. The minimum Gasteiger partial charge on any atom is -0.327 e. The molecule has 1 unspecified atom stereocenters. The first-order chi connectivity index (χ1) is 3.71. The Morgan fingerprint density at radius 1 is 1.56 bits per heavy atom. The molecular weight excluding hydrogens is 162 g/mol. The van der Waals surface area contributed by atoms with E-state index < -0.39 is 16.2 Å². The summed E-state index contributed by atoms with van der Waals surface area (Å²) in [5.74, 6) is 0. The van der Waals surface area contributed by atoms with Gasteiger partial charge in [0.05, 0.1) is 0 Å². The highest BCUT2D eigenvalue weighted by Gasteiger charge is 2.27. The van der Waals surface area contributed by atoms with E-state index >= 15 is 0 Å². The molecule has 0 radical (unpaired) electrons. The van der Waals surface area contributed by atoms with Crippen LogP contribution in [0.2, 0.25) is 19.6 Å². The Hall–Kier alpha value is 0.297. The normalized spacial score (nSPS) is 19.2. The third kappa shape index (κ3) is 8.30. The summed E-state index contributed by atoms with van der Waals surface area (Å²) in [5, 5.41) is 0. The zero-order valence-corrected chi connectivity index (χ0v) is 7.48. The maximum absolute atomic E-state index is 11.8. The molecule has 3 nitrogen and oxygen atoms in total. The van der Waals surface area contributed by atoms with E-state index in [2.05, 4.69) is 4.21 Å². The smallest absolute Gasteiger partial charge is 0.327 e. The molecule has 0 aromatic heterocycles. The summed E-state index contributed by atoms with van der Waals surface area (Å²) in [7, 11) is -6.91. The van der Waals surface area contributed by atoms with Crippen LogP contribution in [-0.4, -0.2) is 13.2 Å². The molecule has 0 aliphatic carbocycles. The van der Waals surface area contributed by atoms with Crippen LogP contribution in [0.1, 0.15) is 0 Å². The maximum atomic E-state index is 11.8. The Balaban J connectivity index is 3.90. The van der Waals surface area contributed by atoms with Crippen molar-refractivity contribution in [3.8, 4) is 0 Å². The lowest BCUT2D eigenvalue weighted by Gasteiger charge is -2.15. The summed E-state index contributed by atoms with van der Waals surface area (Å²) in [6.07, 6.45) is 0. The van der Waals surface area contributed by atoms with Gasteiger partial charge in [-0.25, -0.2) is 4.57 Å². The van der Waals surface area contributed by atoms with Gasteiger partial charge in [-0.3, -0.25) is 4.89 Å². The van der Waals surface area contributed by atoms with Crippen LogP contribution in [0.4, 0.5) is 4.20 Å². The van der Waals surface area contributed by atoms with Crippen LogP contribution in [0.3, 0.4) is 0 Å². The van der Waals surface area contributed by atoms with Gasteiger partial charge in [-0.2, -0.15) is 0 Å². The first-order valence-corrected chi connectivity index (χ1v) is 7.31. The predicted octanol–water partition coefficient (Wildman–Crippen LogP) is 1.91. The second kappa shape index (κ2) is 2.50. The fraction of sp³-hybridized carbons (Fsp3) is 1.00. The molecule has 0 spiro atoms. The van der Waals surface area contributed by atoms with E-state index in [4.69, 9.17) is 4.89 Å². The molecule has 0 bridgehead atoms. The molecule has 0 aromatic rings. The lowest BCUT2D eigenvalue weighted by molar-refractivity contribution is 0.328. The van der Waals surface area contributed by atoms with E-state index in [1.807, 2.05) is 0 Å². The van der Waals surface area contributed by atoms with Crippen molar-refractivity contribution in [1.82, 2.24) is 0 Å². The Bertz CT molecular complexity index is 136. The van der Waals surface area contributed by atoms with Gasteiger partial charge in [0.2, 0.25) is 0 Å². The van der Waals surface area contributed by atoms with Crippen LogP contribution in [0.15, 0.2) is 0 Å². The van der Waals surface area contributed by atoms with Gasteiger partial charge in [-0.05, 0) is 19.6 Å². The van der Waals surface area contributed by atoms with Crippen molar-refractivity contribution in [2.24, 2.45) is 0 Å². The van der Waals surface area contributed by atoms with Crippen molar-refractivity contribution in [2.75, 3.05) is 0 Å². The molecule has 0 fully saturated rings. The third-order valence-electron chi connectivity index (χ3n) is 0.386. The van der Waals surface area contributed by atoms with Crippen LogP contribution in [-0.2, 0) is 8.78 Å². The number of hydrogen-bond acceptors (Lipinski definition) is 2. The van der Waals surface area contributed by atoms with Crippen molar-refractivity contribution in [3.05, 3.63) is 0 Å². The number of rotatable bonds is 2. The van der Waals surface area contributed by atoms with Crippen molar-refractivity contribution in [1.29, 1.82) is 0 Å². The Morgan fingerprint density at radius 2 is 1.89 bits per heavy atom. The van der Waals surface area contributed by atoms with Gasteiger partial charge in [0.1, 0.15) is 0 Å². The van der Waals surface area contributed by atoms with Crippen molar-refractivity contribution in [2.45, 2.75) is 19.6 Å². The summed E-state index contributed by atoms with van der Waals surface area (Å²) in [6.45, 7) is 4.90. The average molecular weight is 172 g/mol. The minimum atomic E-state index is -4.73. The topological polar surface area (TPSA) is 46.5 Å². The molecule has 6 heteroatoms. The van der Waals surface area contributed by atoms with Crippen LogP contribution >= 0.6 is 7.91 Å². The molecule has 56 valence electrons. The van der Waals surface area contributed by atoms with Gasteiger partial charge in [0, 0.05) is 0 Å². The highest BCUT2D eigenvalue weighted by Crippen LogP contribution is 2.46. The van der Waals surface area contributed by atoms with Gasteiger partial charge >= 0.3 is 7.91 Å². The first kappa shape index (κ1) is 9.30. The van der Waals surface area contributed by atoms with E-state index in [1.165, 1.54) is 0 Å². The molecule has 0 rings (SSSR count). The highest BCUT2D eigenvalue weighted by molar-refractivity contribution is 7.48. The predicted molar refractivity (Wildman–Crippen MR) is 35.4 cm³/mol. The van der Waals surface area contributed by atoms with E-state index in [1.54, 1.807) is 19.6 Å². The van der Waals surface area contributed by atoms with E-state index in [-0.39, 0.29) is 0 Å². The zero-order chi connectivity index (χ0) is 7.71. The lowest BCUT2D eigenvalue weighted by atomic mass is 11.8. The standard InChI is InChI=1S/C3H10FO3PSi/c1-9(2,3)7-8(4,5)6/h1-3H3,(H,5,6). The monoisotopic (exact) mass is 172 g/mol. The minimum absolute atomic E-state index is 1.63. The molecule has 0 aliphatic rings. The second-order valence-electron chi connectivity index (χ2n) is 2.66. The Labute approximate surface area is 54.6 Å². The molecule has 0 aromatic carbocycles. The van der Waals surface area contributed by atoms with Crippen LogP contribution < -0.4 is 0 Å². The SMILES string of the molecule is C[Si](C)(C)OP(=O)(O)F. The quantitative estimate of drug-likeness (QED) is 0.511. The molecule has 1 atom stereocenters. The first-order valence-electron chi connectivity index (χ1n) is 2.44. The molecular formula is C3H10FO3PSi. The van der Waals surface area contributed by atoms with Crippen LogP contribution in [0.5, 0.6) is 0 Å².